The molecule has 24 heavy (non-hydrogen) atoms. The van der Waals surface area contributed by atoms with Crippen molar-refractivity contribution < 1.29 is 9.53 Å². The van der Waals surface area contributed by atoms with Gasteiger partial charge < -0.3 is 9.64 Å². The Morgan fingerprint density at radius 1 is 1.21 bits per heavy atom. The molecule has 0 N–H and O–H groups in total. The van der Waals surface area contributed by atoms with Gasteiger partial charge in [-0.15, -0.1) is 11.8 Å². The van der Waals surface area contributed by atoms with Crippen molar-refractivity contribution in [2.24, 2.45) is 0 Å². The van der Waals surface area contributed by atoms with E-state index in [1.165, 1.54) is 0 Å². The maximum Gasteiger partial charge on any atom is 0.410 e. The first-order valence-electron chi connectivity index (χ1n) is 8.70. The Hall–Kier alpha value is -1.23. The lowest BCUT2D eigenvalue weighted by Gasteiger charge is -2.37. The third kappa shape index (κ3) is 5.69. The fraction of sp³-hybridized carbons (Fsp3) is 0.684. The molecule has 0 bridgehead atoms. The lowest BCUT2D eigenvalue weighted by atomic mass is 9.97. The number of ether oxygens (including phenoxy) is 1. The summed E-state index contributed by atoms with van der Waals surface area (Å²) in [5.41, 5.74) is 0.628. The Morgan fingerprint density at radius 2 is 1.92 bits per heavy atom. The summed E-state index contributed by atoms with van der Waals surface area (Å²) in [5.74, 6) is 0. The number of nitrogens with zero attached hydrogens (tertiary/aromatic N) is 2. The van der Waals surface area contributed by atoms with Gasteiger partial charge in [-0.2, -0.15) is 0 Å². The molecular weight excluding hydrogens is 320 g/mol. The third-order valence-electron chi connectivity index (χ3n) is 3.69. The van der Waals surface area contributed by atoms with Crippen LogP contribution < -0.4 is 0 Å². The van der Waals surface area contributed by atoms with Gasteiger partial charge in [0.1, 0.15) is 5.60 Å². The number of carbonyl (C=O) groups excluding carboxylic acids is 1. The summed E-state index contributed by atoms with van der Waals surface area (Å²) in [4.78, 5) is 19.0. The summed E-state index contributed by atoms with van der Waals surface area (Å²) in [6, 6.07) is 4.23. The summed E-state index contributed by atoms with van der Waals surface area (Å²) in [5, 5.41) is 1.02. The predicted molar refractivity (Wildman–Crippen MR) is 99.4 cm³/mol. The number of piperidine rings is 1. The molecule has 1 atom stereocenters. The van der Waals surface area contributed by atoms with Crippen molar-refractivity contribution in [1.82, 2.24) is 9.88 Å². The number of carbonyl (C=O) groups is 1. The Bertz CT molecular complexity index is 558. The predicted octanol–water partition coefficient (Wildman–Crippen LogP) is 5.43. The van der Waals surface area contributed by atoms with Gasteiger partial charge in [-0.25, -0.2) is 9.78 Å². The van der Waals surface area contributed by atoms with Crippen molar-refractivity contribution in [3.8, 4) is 0 Å². The van der Waals surface area contributed by atoms with Crippen molar-refractivity contribution in [2.45, 2.75) is 82.2 Å². The zero-order valence-electron chi connectivity index (χ0n) is 15.8. The van der Waals surface area contributed by atoms with Crippen LogP contribution in [0.15, 0.2) is 23.4 Å². The van der Waals surface area contributed by atoms with Crippen LogP contribution in [0.4, 0.5) is 4.79 Å². The molecule has 0 spiro atoms. The second kappa shape index (κ2) is 7.34. The number of aromatic nitrogens is 1. The molecule has 0 aliphatic carbocycles. The molecule has 0 saturated carbocycles. The van der Waals surface area contributed by atoms with Crippen LogP contribution >= 0.6 is 11.8 Å². The first kappa shape index (κ1) is 19.1. The highest BCUT2D eigenvalue weighted by Gasteiger charge is 2.31. The van der Waals surface area contributed by atoms with Gasteiger partial charge in [0.2, 0.25) is 0 Å². The van der Waals surface area contributed by atoms with E-state index in [0.29, 0.717) is 0 Å². The van der Waals surface area contributed by atoms with Gasteiger partial charge in [0.05, 0.1) is 11.1 Å². The molecule has 5 heteroatoms. The molecule has 1 aliphatic rings. The highest BCUT2D eigenvalue weighted by molar-refractivity contribution is 8.00. The van der Waals surface area contributed by atoms with Gasteiger partial charge in [-0.3, -0.25) is 0 Å². The standard InChI is InChI=1S/C19H30N2O2S/c1-18(2,3)23-17(22)21-12-8-7-9-15(21)14-10-11-16(20-13-14)24-19(4,5)6/h10-11,13,15H,7-9,12H2,1-6H3. The van der Waals surface area contributed by atoms with Crippen LogP contribution in [0.5, 0.6) is 0 Å². The van der Waals surface area contributed by atoms with Crippen molar-refractivity contribution >= 4 is 17.9 Å². The van der Waals surface area contributed by atoms with E-state index in [-0.39, 0.29) is 16.9 Å². The number of likely N-dealkylation sites (tertiary alicyclic amines) is 1. The molecule has 2 heterocycles. The Labute approximate surface area is 150 Å². The van der Waals surface area contributed by atoms with E-state index in [1.807, 2.05) is 31.9 Å². The molecule has 1 unspecified atom stereocenters. The van der Waals surface area contributed by atoms with Crippen molar-refractivity contribution in [2.75, 3.05) is 6.54 Å². The molecule has 0 aromatic carbocycles. The van der Waals surface area contributed by atoms with E-state index in [9.17, 15) is 4.79 Å². The Balaban J connectivity index is 2.14. The minimum Gasteiger partial charge on any atom is -0.444 e. The average Bonchev–Trinajstić information content (AvgIpc) is 2.44. The fourth-order valence-corrected chi connectivity index (χ4v) is 3.65. The normalized spacial score (nSPS) is 19.2. The second-order valence-corrected chi connectivity index (χ2v) is 10.2. The summed E-state index contributed by atoms with van der Waals surface area (Å²) < 4.78 is 5.72. The van der Waals surface area contributed by atoms with E-state index in [4.69, 9.17) is 4.74 Å². The molecule has 1 aliphatic heterocycles. The van der Waals surface area contributed by atoms with Crippen LogP contribution in [0, 0.1) is 0 Å². The molecule has 1 aromatic heterocycles. The summed E-state index contributed by atoms with van der Waals surface area (Å²) in [7, 11) is 0. The maximum atomic E-state index is 12.5. The Kier molecular flexibility index (Phi) is 5.84. The number of thioether (sulfide) groups is 1. The first-order chi connectivity index (χ1) is 11.1. The molecule has 4 nitrogen and oxygen atoms in total. The van der Waals surface area contributed by atoms with Crippen LogP contribution in [0.2, 0.25) is 0 Å². The van der Waals surface area contributed by atoms with Gasteiger partial charge in [0.25, 0.3) is 0 Å². The summed E-state index contributed by atoms with van der Waals surface area (Å²) in [6.45, 7) is 13.0. The maximum absolute atomic E-state index is 12.5. The molecule has 134 valence electrons. The summed E-state index contributed by atoms with van der Waals surface area (Å²) >= 11 is 1.75. The average molecular weight is 351 g/mol. The minimum atomic E-state index is -0.468. The molecule has 0 radical (unpaired) electrons. The molecule has 1 saturated heterocycles. The number of pyridine rings is 1. The smallest absolute Gasteiger partial charge is 0.410 e. The first-order valence-corrected chi connectivity index (χ1v) is 9.51. The Morgan fingerprint density at radius 3 is 2.46 bits per heavy atom. The number of rotatable bonds is 2. The van der Waals surface area contributed by atoms with Crippen LogP contribution in [0.25, 0.3) is 0 Å². The van der Waals surface area contributed by atoms with Gasteiger partial charge >= 0.3 is 6.09 Å². The van der Waals surface area contributed by atoms with Crippen LogP contribution in [0.3, 0.4) is 0 Å². The molecular formula is C19H30N2O2S. The van der Waals surface area contributed by atoms with Crippen molar-refractivity contribution in [1.29, 1.82) is 0 Å². The molecule has 1 aromatic rings. The minimum absolute atomic E-state index is 0.0646. The number of hydrogen-bond acceptors (Lipinski definition) is 4. The van der Waals surface area contributed by atoms with Crippen molar-refractivity contribution in [3.05, 3.63) is 23.9 Å². The third-order valence-corrected chi connectivity index (χ3v) is 4.75. The quantitative estimate of drug-likeness (QED) is 0.667. The highest BCUT2D eigenvalue weighted by atomic mass is 32.2. The van der Waals surface area contributed by atoms with E-state index >= 15 is 0 Å². The van der Waals surface area contributed by atoms with E-state index in [0.717, 1.165) is 36.4 Å². The highest BCUT2D eigenvalue weighted by Crippen LogP contribution is 2.34. The zero-order chi connectivity index (χ0) is 18.0. The van der Waals surface area contributed by atoms with E-state index in [2.05, 4.69) is 37.9 Å². The number of hydrogen-bond donors (Lipinski definition) is 0. The van der Waals surface area contributed by atoms with E-state index < -0.39 is 5.60 Å². The topological polar surface area (TPSA) is 42.4 Å². The van der Waals surface area contributed by atoms with E-state index in [1.54, 1.807) is 11.8 Å². The second-order valence-electron chi connectivity index (χ2n) is 8.33. The largest absolute Gasteiger partial charge is 0.444 e. The summed E-state index contributed by atoms with van der Waals surface area (Å²) in [6.07, 6.45) is 4.82. The lowest BCUT2D eigenvalue weighted by Crippen LogP contribution is -2.41. The molecule has 2 rings (SSSR count). The van der Waals surface area contributed by atoms with Crippen LogP contribution in [-0.2, 0) is 4.74 Å². The van der Waals surface area contributed by atoms with Gasteiger partial charge in [-0.05, 0) is 51.7 Å². The lowest BCUT2D eigenvalue weighted by molar-refractivity contribution is 0.00947. The fourth-order valence-electron chi connectivity index (χ4n) is 2.78. The van der Waals surface area contributed by atoms with Gasteiger partial charge in [-0.1, -0.05) is 26.8 Å². The monoisotopic (exact) mass is 350 g/mol. The van der Waals surface area contributed by atoms with Crippen LogP contribution in [-0.4, -0.2) is 32.9 Å². The van der Waals surface area contributed by atoms with Gasteiger partial charge in [0.15, 0.2) is 0 Å². The number of amides is 1. The van der Waals surface area contributed by atoms with Crippen LogP contribution in [0.1, 0.15) is 72.4 Å². The zero-order valence-corrected chi connectivity index (χ0v) is 16.6. The SMILES string of the molecule is CC(C)(C)OC(=O)N1CCCCC1c1ccc(SC(C)(C)C)nc1. The molecule has 1 amide bonds. The van der Waals surface area contributed by atoms with Crippen molar-refractivity contribution in [3.63, 3.8) is 0 Å². The molecule has 1 fully saturated rings. The van der Waals surface area contributed by atoms with Gasteiger partial charge in [0, 0.05) is 17.5 Å².